The normalized spacial score (nSPS) is 17.1. The van der Waals surface area contributed by atoms with Crippen LogP contribution in [0, 0.1) is 5.92 Å². The minimum atomic E-state index is 0.649. The molecule has 1 saturated heterocycles. The van der Waals surface area contributed by atoms with Gasteiger partial charge in [0.05, 0.1) is 0 Å². The number of aromatic nitrogens is 3. The van der Waals surface area contributed by atoms with Crippen molar-refractivity contribution in [3.05, 3.63) is 29.7 Å². The van der Waals surface area contributed by atoms with Gasteiger partial charge in [0.15, 0.2) is 5.65 Å². The highest BCUT2D eigenvalue weighted by atomic mass is 32.2. The van der Waals surface area contributed by atoms with E-state index in [1.807, 2.05) is 28.4 Å². The molecule has 0 amide bonds. The highest BCUT2D eigenvalue weighted by Gasteiger charge is 2.17. The van der Waals surface area contributed by atoms with E-state index < -0.39 is 0 Å². The van der Waals surface area contributed by atoms with Gasteiger partial charge in [0.1, 0.15) is 12.1 Å². The Morgan fingerprint density at radius 3 is 3.00 bits per heavy atom. The molecular formula is C13H15N3OS. The van der Waals surface area contributed by atoms with Gasteiger partial charge in [-0.15, -0.1) is 10.2 Å². The molecule has 1 aliphatic heterocycles. The lowest BCUT2D eigenvalue weighted by atomic mass is 9.98. The average molecular weight is 261 g/mol. The van der Waals surface area contributed by atoms with Crippen LogP contribution in [-0.4, -0.2) is 32.4 Å². The van der Waals surface area contributed by atoms with Crippen molar-refractivity contribution in [2.24, 2.45) is 5.92 Å². The molecule has 18 heavy (non-hydrogen) atoms. The number of hydrogen-bond acceptors (Lipinski definition) is 4. The second kappa shape index (κ2) is 5.10. The zero-order valence-electron chi connectivity index (χ0n) is 10.1. The largest absolute Gasteiger partial charge is 0.298 e. The van der Waals surface area contributed by atoms with Gasteiger partial charge in [0, 0.05) is 18.2 Å². The van der Waals surface area contributed by atoms with E-state index in [1.165, 1.54) is 24.3 Å². The number of nitrogens with zero attached hydrogens (tertiary/aromatic N) is 3. The Balaban J connectivity index is 1.85. The molecule has 1 aliphatic rings. The van der Waals surface area contributed by atoms with Crippen LogP contribution in [0.5, 0.6) is 0 Å². The maximum absolute atomic E-state index is 10.7. The van der Waals surface area contributed by atoms with Crippen molar-refractivity contribution < 1.29 is 4.79 Å². The van der Waals surface area contributed by atoms with E-state index >= 15 is 0 Å². The first-order valence-corrected chi connectivity index (χ1v) is 7.39. The third-order valence-electron chi connectivity index (χ3n) is 3.45. The Bertz CT molecular complexity index is 560. The summed E-state index contributed by atoms with van der Waals surface area (Å²) in [6, 6.07) is 3.59. The number of carbonyl (C=O) groups excluding carboxylic acids is 1. The van der Waals surface area contributed by atoms with Gasteiger partial charge < -0.3 is 0 Å². The Labute approximate surface area is 110 Å². The van der Waals surface area contributed by atoms with Gasteiger partial charge in [-0.2, -0.15) is 11.8 Å². The molecular weight excluding hydrogens is 246 g/mol. The topological polar surface area (TPSA) is 47.3 Å². The van der Waals surface area contributed by atoms with E-state index in [0.717, 1.165) is 30.1 Å². The first kappa shape index (κ1) is 11.7. The van der Waals surface area contributed by atoms with Gasteiger partial charge in [-0.25, -0.2) is 0 Å². The number of hydrogen-bond donors (Lipinski definition) is 0. The molecule has 1 fully saturated rings. The van der Waals surface area contributed by atoms with Crippen molar-refractivity contribution in [1.29, 1.82) is 0 Å². The predicted molar refractivity (Wildman–Crippen MR) is 72.1 cm³/mol. The van der Waals surface area contributed by atoms with Crippen molar-refractivity contribution in [2.45, 2.75) is 19.3 Å². The molecule has 0 unspecified atom stereocenters. The number of rotatable bonds is 3. The Morgan fingerprint density at radius 2 is 2.22 bits per heavy atom. The Kier molecular flexibility index (Phi) is 3.32. The molecule has 0 saturated carbocycles. The summed E-state index contributed by atoms with van der Waals surface area (Å²) in [5.41, 5.74) is 1.41. The van der Waals surface area contributed by atoms with Crippen LogP contribution < -0.4 is 0 Å². The zero-order valence-corrected chi connectivity index (χ0v) is 10.9. The smallest absolute Gasteiger partial charge is 0.161 e. The summed E-state index contributed by atoms with van der Waals surface area (Å²) < 4.78 is 1.99. The number of pyridine rings is 1. The first-order valence-electron chi connectivity index (χ1n) is 6.23. The van der Waals surface area contributed by atoms with Gasteiger partial charge >= 0.3 is 0 Å². The Hall–Kier alpha value is -1.36. The molecule has 2 aromatic rings. The summed E-state index contributed by atoms with van der Waals surface area (Å²) in [7, 11) is 0. The van der Waals surface area contributed by atoms with E-state index in [2.05, 4.69) is 10.2 Å². The lowest BCUT2D eigenvalue weighted by Crippen LogP contribution is -2.13. The molecule has 0 aromatic carbocycles. The zero-order chi connectivity index (χ0) is 12.4. The van der Waals surface area contributed by atoms with Gasteiger partial charge in [-0.3, -0.25) is 9.20 Å². The van der Waals surface area contributed by atoms with E-state index in [4.69, 9.17) is 0 Å². The van der Waals surface area contributed by atoms with Crippen molar-refractivity contribution >= 4 is 23.7 Å². The molecule has 2 aromatic heterocycles. The highest BCUT2D eigenvalue weighted by molar-refractivity contribution is 7.99. The second-order valence-electron chi connectivity index (χ2n) is 4.68. The fourth-order valence-corrected chi connectivity index (χ4v) is 3.58. The van der Waals surface area contributed by atoms with Gasteiger partial charge in [0.2, 0.25) is 0 Å². The maximum Gasteiger partial charge on any atom is 0.161 e. The average Bonchev–Trinajstić information content (AvgIpc) is 2.82. The molecule has 0 spiro atoms. The maximum atomic E-state index is 10.7. The Morgan fingerprint density at radius 1 is 1.39 bits per heavy atom. The highest BCUT2D eigenvalue weighted by Crippen LogP contribution is 2.25. The summed E-state index contributed by atoms with van der Waals surface area (Å²) in [5.74, 6) is 4.26. The molecule has 0 N–H and O–H groups in total. The summed E-state index contributed by atoms with van der Waals surface area (Å²) in [6.45, 7) is 0. The van der Waals surface area contributed by atoms with Crippen LogP contribution in [0.1, 0.15) is 29.0 Å². The molecule has 94 valence electrons. The first-order chi connectivity index (χ1) is 8.86. The van der Waals surface area contributed by atoms with Crippen molar-refractivity contribution in [2.75, 3.05) is 11.5 Å². The molecule has 0 aliphatic carbocycles. The molecule has 0 bridgehead atoms. The summed E-state index contributed by atoms with van der Waals surface area (Å²) in [5, 5.41) is 8.40. The van der Waals surface area contributed by atoms with Gasteiger partial charge in [-0.1, -0.05) is 0 Å². The standard InChI is InChI=1S/C13H15N3OS/c17-9-11-1-4-16-12(14-15-13(16)8-11)7-10-2-5-18-6-3-10/h1,4,8-10H,2-3,5-7H2. The van der Waals surface area contributed by atoms with Gasteiger partial charge in [-0.05, 0) is 42.4 Å². The van der Waals surface area contributed by atoms with Gasteiger partial charge in [0.25, 0.3) is 0 Å². The minimum absolute atomic E-state index is 0.649. The molecule has 3 heterocycles. The van der Waals surface area contributed by atoms with Crippen LogP contribution in [0.25, 0.3) is 5.65 Å². The molecule has 0 atom stereocenters. The second-order valence-corrected chi connectivity index (χ2v) is 5.91. The fourth-order valence-electron chi connectivity index (χ4n) is 2.38. The molecule has 4 nitrogen and oxygen atoms in total. The van der Waals surface area contributed by atoms with Crippen LogP contribution in [0.15, 0.2) is 18.3 Å². The summed E-state index contributed by atoms with van der Waals surface area (Å²) in [4.78, 5) is 10.7. The number of thioether (sulfide) groups is 1. The van der Waals surface area contributed by atoms with Crippen molar-refractivity contribution in [1.82, 2.24) is 14.6 Å². The predicted octanol–water partition coefficient (Wildman–Crippen LogP) is 2.23. The monoisotopic (exact) mass is 261 g/mol. The summed E-state index contributed by atoms with van der Waals surface area (Å²) >= 11 is 2.04. The quantitative estimate of drug-likeness (QED) is 0.795. The van der Waals surface area contributed by atoms with E-state index in [9.17, 15) is 4.79 Å². The van der Waals surface area contributed by atoms with E-state index in [1.54, 1.807) is 6.07 Å². The number of carbonyl (C=O) groups is 1. The SMILES string of the molecule is O=Cc1ccn2c(CC3CCSCC3)nnc2c1. The van der Waals surface area contributed by atoms with Crippen molar-refractivity contribution in [3.63, 3.8) is 0 Å². The molecule has 5 heteroatoms. The molecule has 3 rings (SSSR count). The number of fused-ring (bicyclic) bond motifs is 1. The van der Waals surface area contributed by atoms with Crippen LogP contribution in [-0.2, 0) is 6.42 Å². The lowest BCUT2D eigenvalue weighted by Gasteiger charge is -2.20. The third-order valence-corrected chi connectivity index (χ3v) is 4.50. The van der Waals surface area contributed by atoms with Crippen LogP contribution in [0.4, 0.5) is 0 Å². The van der Waals surface area contributed by atoms with Crippen LogP contribution in [0.3, 0.4) is 0 Å². The van der Waals surface area contributed by atoms with E-state index in [-0.39, 0.29) is 0 Å². The molecule has 0 radical (unpaired) electrons. The lowest BCUT2D eigenvalue weighted by molar-refractivity contribution is 0.112. The minimum Gasteiger partial charge on any atom is -0.298 e. The van der Waals surface area contributed by atoms with E-state index in [0.29, 0.717) is 5.56 Å². The number of aldehydes is 1. The fraction of sp³-hybridized carbons (Fsp3) is 0.462. The summed E-state index contributed by atoms with van der Waals surface area (Å²) in [6.07, 6.45) is 6.26. The van der Waals surface area contributed by atoms with Crippen LogP contribution >= 0.6 is 11.8 Å². The van der Waals surface area contributed by atoms with Crippen molar-refractivity contribution in [3.8, 4) is 0 Å². The van der Waals surface area contributed by atoms with Crippen LogP contribution in [0.2, 0.25) is 0 Å². The third kappa shape index (κ3) is 2.27.